The van der Waals surface area contributed by atoms with Crippen LogP contribution in [0.5, 0.6) is 0 Å². The topological polar surface area (TPSA) is 84.3 Å². The molecule has 1 aromatic heterocycles. The molecule has 0 aliphatic heterocycles. The summed E-state index contributed by atoms with van der Waals surface area (Å²) in [6, 6.07) is 0. The van der Waals surface area contributed by atoms with Crippen molar-refractivity contribution in [3.05, 3.63) is 21.6 Å². The van der Waals surface area contributed by atoms with E-state index in [-0.39, 0.29) is 17.3 Å². The fourth-order valence-electron chi connectivity index (χ4n) is 1.69. The highest BCUT2D eigenvalue weighted by atomic mass is 35.5. The van der Waals surface area contributed by atoms with Crippen LogP contribution in [0.1, 0.15) is 13.8 Å². The van der Waals surface area contributed by atoms with Crippen molar-refractivity contribution in [3.8, 4) is 0 Å². The number of nitrogens with zero attached hydrogens (tertiary/aromatic N) is 3. The molecule has 0 aliphatic carbocycles. The molecular formula is C11H19ClN4O3S. The molecule has 0 aliphatic rings. The summed E-state index contributed by atoms with van der Waals surface area (Å²) in [5.74, 6) is -0.0692. The molecule has 9 heteroatoms. The average molecular weight is 323 g/mol. The zero-order chi connectivity index (χ0) is 15.3. The lowest BCUT2D eigenvalue weighted by Crippen LogP contribution is -2.34. The summed E-state index contributed by atoms with van der Waals surface area (Å²) in [4.78, 5) is 11.6. The first-order valence-corrected chi connectivity index (χ1v) is 8.25. The summed E-state index contributed by atoms with van der Waals surface area (Å²) >= 11 is 5.87. The van der Waals surface area contributed by atoms with Crippen LogP contribution in [-0.2, 0) is 17.1 Å². The molecule has 1 rings (SSSR count). The molecule has 0 bridgehead atoms. The van der Waals surface area contributed by atoms with Crippen LogP contribution in [0.25, 0.3) is 0 Å². The molecule has 0 amide bonds. The van der Waals surface area contributed by atoms with Gasteiger partial charge in [-0.25, -0.2) is 17.4 Å². The highest BCUT2D eigenvalue weighted by Crippen LogP contribution is 2.14. The molecule has 0 radical (unpaired) electrons. The average Bonchev–Trinajstić information content (AvgIpc) is 2.40. The molecule has 20 heavy (non-hydrogen) atoms. The molecule has 0 spiro atoms. The number of sulfonamides is 1. The number of anilines is 1. The lowest BCUT2D eigenvalue weighted by Gasteiger charge is -2.18. The van der Waals surface area contributed by atoms with Crippen molar-refractivity contribution in [1.82, 2.24) is 14.1 Å². The Bertz CT molecular complexity index is 611. The maximum Gasteiger partial charge on any atom is 0.287 e. The van der Waals surface area contributed by atoms with Crippen molar-refractivity contribution in [3.63, 3.8) is 0 Å². The van der Waals surface area contributed by atoms with Gasteiger partial charge in [-0.15, -0.1) is 0 Å². The Morgan fingerprint density at radius 3 is 2.55 bits per heavy atom. The van der Waals surface area contributed by atoms with Crippen molar-refractivity contribution in [2.75, 3.05) is 30.7 Å². The van der Waals surface area contributed by atoms with Gasteiger partial charge in [0.25, 0.3) is 5.56 Å². The first-order chi connectivity index (χ1) is 9.33. The van der Waals surface area contributed by atoms with Gasteiger partial charge in [0.05, 0.1) is 17.6 Å². The Morgan fingerprint density at radius 2 is 2.00 bits per heavy atom. The standard InChI is InChI=1S/C11H19ClN4O3S/c1-4-16(5-2)20(18,19)7-6-13-9-8-14-15(3)11(17)10(9)12/h8,13H,4-7H2,1-3H3. The zero-order valence-corrected chi connectivity index (χ0v) is 13.3. The van der Waals surface area contributed by atoms with Crippen LogP contribution in [-0.4, -0.2) is 47.9 Å². The number of rotatable bonds is 7. The summed E-state index contributed by atoms with van der Waals surface area (Å²) in [5.41, 5.74) is -0.0900. The predicted octanol–water partition coefficient (Wildman–Crippen LogP) is 0.517. The van der Waals surface area contributed by atoms with Crippen molar-refractivity contribution in [1.29, 1.82) is 0 Å². The summed E-state index contributed by atoms with van der Waals surface area (Å²) in [5, 5.41) is 6.65. The van der Waals surface area contributed by atoms with Crippen molar-refractivity contribution < 1.29 is 8.42 Å². The second kappa shape index (κ2) is 7.05. The van der Waals surface area contributed by atoms with E-state index in [1.54, 1.807) is 13.8 Å². The van der Waals surface area contributed by atoms with Gasteiger partial charge in [0.1, 0.15) is 5.02 Å². The quantitative estimate of drug-likeness (QED) is 0.791. The first-order valence-electron chi connectivity index (χ1n) is 6.27. The van der Waals surface area contributed by atoms with E-state index in [2.05, 4.69) is 10.4 Å². The van der Waals surface area contributed by atoms with Gasteiger partial charge >= 0.3 is 0 Å². The van der Waals surface area contributed by atoms with Gasteiger partial charge in [0, 0.05) is 26.7 Å². The smallest absolute Gasteiger partial charge is 0.287 e. The molecule has 0 unspecified atom stereocenters. The number of hydrogen-bond donors (Lipinski definition) is 1. The van der Waals surface area contributed by atoms with Gasteiger partial charge in [-0.1, -0.05) is 25.4 Å². The largest absolute Gasteiger partial charge is 0.381 e. The van der Waals surface area contributed by atoms with Crippen LogP contribution in [0.4, 0.5) is 5.69 Å². The Hall–Kier alpha value is -1.12. The Kier molecular flexibility index (Phi) is 5.97. The van der Waals surface area contributed by atoms with E-state index >= 15 is 0 Å². The predicted molar refractivity (Wildman–Crippen MR) is 79.7 cm³/mol. The van der Waals surface area contributed by atoms with E-state index in [0.29, 0.717) is 18.8 Å². The Balaban J connectivity index is 2.70. The molecule has 1 aromatic rings. The minimum atomic E-state index is -3.30. The summed E-state index contributed by atoms with van der Waals surface area (Å²) in [7, 11) is -1.81. The monoisotopic (exact) mass is 322 g/mol. The number of hydrogen-bond acceptors (Lipinski definition) is 5. The van der Waals surface area contributed by atoms with Gasteiger partial charge in [-0.05, 0) is 0 Å². The van der Waals surface area contributed by atoms with Gasteiger partial charge in [-0.3, -0.25) is 4.79 Å². The molecule has 0 aromatic carbocycles. The Labute approximate surface area is 123 Å². The minimum absolute atomic E-state index is 0.00253. The third kappa shape index (κ3) is 3.94. The fourth-order valence-corrected chi connectivity index (χ4v) is 3.34. The van der Waals surface area contributed by atoms with E-state index in [9.17, 15) is 13.2 Å². The third-order valence-corrected chi connectivity index (χ3v) is 5.24. The number of nitrogens with one attached hydrogen (secondary N) is 1. The highest BCUT2D eigenvalue weighted by Gasteiger charge is 2.18. The van der Waals surface area contributed by atoms with E-state index in [1.807, 2.05) is 0 Å². The van der Waals surface area contributed by atoms with Crippen LogP contribution in [0.3, 0.4) is 0 Å². The van der Waals surface area contributed by atoms with Gasteiger partial charge < -0.3 is 5.32 Å². The van der Waals surface area contributed by atoms with Crippen LogP contribution >= 0.6 is 11.6 Å². The molecule has 7 nitrogen and oxygen atoms in total. The van der Waals surface area contributed by atoms with Gasteiger partial charge in [0.2, 0.25) is 10.0 Å². The minimum Gasteiger partial charge on any atom is -0.381 e. The fraction of sp³-hybridized carbons (Fsp3) is 0.636. The normalized spacial score (nSPS) is 11.8. The summed E-state index contributed by atoms with van der Waals surface area (Å²) in [6.45, 7) is 4.61. The number of halogens is 1. The van der Waals surface area contributed by atoms with Crippen LogP contribution in [0.15, 0.2) is 11.0 Å². The SMILES string of the molecule is CCN(CC)S(=O)(=O)CCNc1cnn(C)c(=O)c1Cl. The van der Waals surface area contributed by atoms with Crippen LogP contribution in [0, 0.1) is 0 Å². The van der Waals surface area contributed by atoms with Gasteiger partial charge in [-0.2, -0.15) is 5.10 Å². The van der Waals surface area contributed by atoms with Gasteiger partial charge in [0.15, 0.2) is 0 Å². The maximum atomic E-state index is 12.0. The van der Waals surface area contributed by atoms with Crippen molar-refractivity contribution in [2.45, 2.75) is 13.8 Å². The molecule has 0 saturated heterocycles. The second-order valence-electron chi connectivity index (χ2n) is 4.13. The second-order valence-corrected chi connectivity index (χ2v) is 6.59. The van der Waals surface area contributed by atoms with E-state index in [0.717, 1.165) is 4.68 Å². The number of aryl methyl sites for hydroxylation is 1. The summed E-state index contributed by atoms with van der Waals surface area (Å²) in [6.07, 6.45) is 1.40. The van der Waals surface area contributed by atoms with E-state index in [1.165, 1.54) is 17.5 Å². The molecule has 1 heterocycles. The van der Waals surface area contributed by atoms with Crippen LogP contribution < -0.4 is 10.9 Å². The van der Waals surface area contributed by atoms with Crippen LogP contribution in [0.2, 0.25) is 5.02 Å². The van der Waals surface area contributed by atoms with E-state index < -0.39 is 15.6 Å². The van der Waals surface area contributed by atoms with Crippen molar-refractivity contribution >= 4 is 27.3 Å². The molecule has 0 saturated carbocycles. The lowest BCUT2D eigenvalue weighted by atomic mass is 10.4. The zero-order valence-electron chi connectivity index (χ0n) is 11.8. The molecule has 1 N–H and O–H groups in total. The number of aromatic nitrogens is 2. The molecule has 0 fully saturated rings. The summed E-state index contributed by atoms with van der Waals surface area (Å²) < 4.78 is 26.4. The lowest BCUT2D eigenvalue weighted by molar-refractivity contribution is 0.446. The third-order valence-electron chi connectivity index (χ3n) is 2.85. The molecule has 114 valence electrons. The van der Waals surface area contributed by atoms with E-state index in [4.69, 9.17) is 11.6 Å². The van der Waals surface area contributed by atoms with Crippen molar-refractivity contribution in [2.24, 2.45) is 7.05 Å². The highest BCUT2D eigenvalue weighted by molar-refractivity contribution is 7.89. The molecule has 0 atom stereocenters. The molecular weight excluding hydrogens is 304 g/mol. The first kappa shape index (κ1) is 16.9. The Morgan fingerprint density at radius 1 is 1.40 bits per heavy atom. The maximum absolute atomic E-state index is 12.0.